The first-order chi connectivity index (χ1) is 10.1. The quantitative estimate of drug-likeness (QED) is 0.646. The van der Waals surface area contributed by atoms with E-state index in [4.69, 9.17) is 22.7 Å². The molecule has 0 spiro atoms. The van der Waals surface area contributed by atoms with Gasteiger partial charge in [0.25, 0.3) is 0 Å². The van der Waals surface area contributed by atoms with Crippen LogP contribution in [0.2, 0.25) is 0 Å². The number of rotatable bonds is 6. The lowest BCUT2D eigenvalue weighted by molar-refractivity contribution is 0.0961. The monoisotopic (exact) mass is 306 g/mol. The molecule has 3 nitrogen and oxygen atoms in total. The Bertz CT molecular complexity index is 468. The molecule has 116 valence electrons. The molecule has 0 amide bonds. The molecule has 1 aromatic carbocycles. The van der Waals surface area contributed by atoms with E-state index in [2.05, 4.69) is 18.7 Å². The summed E-state index contributed by atoms with van der Waals surface area (Å²) >= 11 is 5.05. The Hall–Kier alpha value is -1.13. The lowest BCUT2D eigenvalue weighted by Gasteiger charge is -2.39. The molecule has 1 saturated heterocycles. The van der Waals surface area contributed by atoms with E-state index in [1.54, 1.807) is 0 Å². The minimum atomic E-state index is 0.392. The van der Waals surface area contributed by atoms with Crippen molar-refractivity contribution in [3.8, 4) is 5.75 Å². The normalized spacial score (nSPS) is 23.0. The van der Waals surface area contributed by atoms with Gasteiger partial charge < -0.3 is 10.5 Å². The number of ether oxygens (including phenoxy) is 1. The van der Waals surface area contributed by atoms with Gasteiger partial charge in [-0.25, -0.2) is 0 Å². The fraction of sp³-hybridized carbons (Fsp3) is 0.588. The number of nitrogens with zero attached hydrogens (tertiary/aromatic N) is 1. The zero-order chi connectivity index (χ0) is 15.2. The summed E-state index contributed by atoms with van der Waals surface area (Å²) in [6.07, 6.45) is 5.02. The van der Waals surface area contributed by atoms with E-state index in [9.17, 15) is 0 Å². The number of hydrogen-bond donors (Lipinski definition) is 1. The van der Waals surface area contributed by atoms with Crippen LogP contribution < -0.4 is 10.5 Å². The third-order valence-corrected chi connectivity index (χ3v) is 4.57. The van der Waals surface area contributed by atoms with E-state index in [-0.39, 0.29) is 0 Å². The van der Waals surface area contributed by atoms with Crippen molar-refractivity contribution in [3.63, 3.8) is 0 Å². The van der Waals surface area contributed by atoms with Crippen molar-refractivity contribution < 1.29 is 4.74 Å². The number of hydrogen-bond acceptors (Lipinski definition) is 3. The Balaban J connectivity index is 1.81. The number of benzene rings is 1. The van der Waals surface area contributed by atoms with Gasteiger partial charge in [-0.2, -0.15) is 0 Å². The van der Waals surface area contributed by atoms with Crippen LogP contribution in [0.15, 0.2) is 24.3 Å². The zero-order valence-electron chi connectivity index (χ0n) is 13.0. The first-order valence-electron chi connectivity index (χ1n) is 7.87. The van der Waals surface area contributed by atoms with Crippen LogP contribution in [0.5, 0.6) is 5.75 Å². The summed E-state index contributed by atoms with van der Waals surface area (Å²) in [6.45, 7) is 6.46. The fourth-order valence-electron chi connectivity index (χ4n) is 3.14. The highest BCUT2D eigenvalue weighted by atomic mass is 32.1. The number of thiocarbonyl (C=S) groups is 1. The van der Waals surface area contributed by atoms with Crippen LogP contribution in [-0.2, 0) is 0 Å². The van der Waals surface area contributed by atoms with Crippen LogP contribution in [0.25, 0.3) is 0 Å². The van der Waals surface area contributed by atoms with Gasteiger partial charge in [-0.15, -0.1) is 0 Å². The summed E-state index contributed by atoms with van der Waals surface area (Å²) in [5.41, 5.74) is 6.54. The molecule has 0 aliphatic carbocycles. The molecule has 0 bridgehead atoms. The smallest absolute Gasteiger partial charge is 0.129 e. The molecule has 2 unspecified atom stereocenters. The summed E-state index contributed by atoms with van der Waals surface area (Å²) in [5.74, 6) is 0.796. The molecule has 2 atom stereocenters. The summed E-state index contributed by atoms with van der Waals surface area (Å²) in [6, 6.07) is 9.10. The average molecular weight is 306 g/mol. The third kappa shape index (κ3) is 4.42. The standard InChI is InChI=1S/C17H26N2OS/c1-13-7-5-8-14(2)19(13)11-6-12-20-16-10-4-3-9-15(16)17(18)21/h3-4,9-10,13-14H,5-8,11-12H2,1-2H3,(H2,18,21). The van der Waals surface area contributed by atoms with E-state index in [1.165, 1.54) is 19.3 Å². The van der Waals surface area contributed by atoms with Gasteiger partial charge in [0.2, 0.25) is 0 Å². The fourth-order valence-corrected chi connectivity index (χ4v) is 3.31. The Labute approximate surface area is 133 Å². The summed E-state index contributed by atoms with van der Waals surface area (Å²) < 4.78 is 5.87. The van der Waals surface area contributed by atoms with Gasteiger partial charge in [0.1, 0.15) is 10.7 Å². The molecular formula is C17H26N2OS. The van der Waals surface area contributed by atoms with E-state index in [0.717, 1.165) is 24.3 Å². The van der Waals surface area contributed by atoms with Crippen LogP contribution in [0.3, 0.4) is 0 Å². The SMILES string of the molecule is CC1CCCC(C)N1CCCOc1ccccc1C(N)=S. The molecule has 0 aromatic heterocycles. The van der Waals surface area contributed by atoms with Gasteiger partial charge in [0, 0.05) is 18.6 Å². The summed E-state index contributed by atoms with van der Waals surface area (Å²) in [7, 11) is 0. The van der Waals surface area contributed by atoms with E-state index < -0.39 is 0 Å². The Morgan fingerprint density at radius 3 is 2.62 bits per heavy atom. The van der Waals surface area contributed by atoms with E-state index in [1.807, 2.05) is 24.3 Å². The second kappa shape index (κ2) is 7.76. The zero-order valence-corrected chi connectivity index (χ0v) is 13.9. The van der Waals surface area contributed by atoms with Crippen LogP contribution in [0.4, 0.5) is 0 Å². The van der Waals surface area contributed by atoms with Crippen LogP contribution in [-0.4, -0.2) is 35.1 Å². The Morgan fingerprint density at radius 2 is 1.95 bits per heavy atom. The molecule has 1 heterocycles. The maximum absolute atomic E-state index is 5.87. The Kier molecular flexibility index (Phi) is 6.00. The predicted molar refractivity (Wildman–Crippen MR) is 91.9 cm³/mol. The minimum absolute atomic E-state index is 0.392. The van der Waals surface area contributed by atoms with Gasteiger partial charge in [-0.3, -0.25) is 4.90 Å². The molecule has 1 aliphatic heterocycles. The van der Waals surface area contributed by atoms with Gasteiger partial charge in [-0.05, 0) is 45.2 Å². The van der Waals surface area contributed by atoms with E-state index in [0.29, 0.717) is 23.7 Å². The topological polar surface area (TPSA) is 38.5 Å². The highest BCUT2D eigenvalue weighted by molar-refractivity contribution is 7.80. The Morgan fingerprint density at radius 1 is 1.29 bits per heavy atom. The van der Waals surface area contributed by atoms with Crippen molar-refractivity contribution in [2.75, 3.05) is 13.2 Å². The second-order valence-electron chi connectivity index (χ2n) is 5.93. The predicted octanol–water partition coefficient (Wildman–Crippen LogP) is 3.35. The van der Waals surface area contributed by atoms with Gasteiger partial charge >= 0.3 is 0 Å². The largest absolute Gasteiger partial charge is 0.493 e. The highest BCUT2D eigenvalue weighted by Gasteiger charge is 2.23. The first kappa shape index (κ1) is 16.2. The number of piperidine rings is 1. The van der Waals surface area contributed by atoms with Crippen molar-refractivity contribution in [2.45, 2.75) is 51.6 Å². The molecule has 21 heavy (non-hydrogen) atoms. The summed E-state index contributed by atoms with van der Waals surface area (Å²) in [4.78, 5) is 3.00. The van der Waals surface area contributed by atoms with Gasteiger partial charge in [0.05, 0.1) is 12.2 Å². The number of nitrogens with two attached hydrogens (primary N) is 1. The molecular weight excluding hydrogens is 280 g/mol. The third-order valence-electron chi connectivity index (χ3n) is 4.35. The van der Waals surface area contributed by atoms with Crippen LogP contribution in [0, 0.1) is 0 Å². The summed E-state index contributed by atoms with van der Waals surface area (Å²) in [5, 5.41) is 0. The van der Waals surface area contributed by atoms with Crippen molar-refractivity contribution in [1.82, 2.24) is 4.90 Å². The maximum atomic E-state index is 5.87. The average Bonchev–Trinajstić information content (AvgIpc) is 2.46. The first-order valence-corrected chi connectivity index (χ1v) is 8.28. The number of para-hydroxylation sites is 1. The van der Waals surface area contributed by atoms with Gasteiger partial charge in [-0.1, -0.05) is 30.8 Å². The second-order valence-corrected chi connectivity index (χ2v) is 6.37. The van der Waals surface area contributed by atoms with Crippen molar-refractivity contribution in [1.29, 1.82) is 0 Å². The molecule has 2 rings (SSSR count). The van der Waals surface area contributed by atoms with Gasteiger partial charge in [0.15, 0.2) is 0 Å². The van der Waals surface area contributed by atoms with E-state index >= 15 is 0 Å². The minimum Gasteiger partial charge on any atom is -0.493 e. The lowest BCUT2D eigenvalue weighted by Crippen LogP contribution is -2.44. The van der Waals surface area contributed by atoms with Crippen LogP contribution >= 0.6 is 12.2 Å². The molecule has 1 aliphatic rings. The molecule has 0 saturated carbocycles. The molecule has 4 heteroatoms. The molecule has 1 fully saturated rings. The lowest BCUT2D eigenvalue weighted by atomic mass is 9.97. The van der Waals surface area contributed by atoms with Crippen molar-refractivity contribution >= 4 is 17.2 Å². The van der Waals surface area contributed by atoms with Crippen LogP contribution in [0.1, 0.15) is 45.1 Å². The van der Waals surface area contributed by atoms with Crippen molar-refractivity contribution in [2.24, 2.45) is 5.73 Å². The highest BCUT2D eigenvalue weighted by Crippen LogP contribution is 2.23. The molecule has 0 radical (unpaired) electrons. The molecule has 2 N–H and O–H groups in total. The van der Waals surface area contributed by atoms with Crippen molar-refractivity contribution in [3.05, 3.63) is 29.8 Å². The molecule has 1 aromatic rings. The maximum Gasteiger partial charge on any atom is 0.129 e. The number of likely N-dealkylation sites (tertiary alicyclic amines) is 1.